The van der Waals surface area contributed by atoms with E-state index in [1.54, 1.807) is 30.6 Å². The van der Waals surface area contributed by atoms with Crippen molar-refractivity contribution in [1.82, 2.24) is 19.0 Å². The Kier molecular flexibility index (Phi) is 5.12. The Morgan fingerprint density at radius 3 is 2.79 bits per heavy atom. The number of pyridine rings is 1. The van der Waals surface area contributed by atoms with Gasteiger partial charge in [0.2, 0.25) is 0 Å². The smallest absolute Gasteiger partial charge is 0.251 e. The fourth-order valence-electron chi connectivity index (χ4n) is 2.04. The van der Waals surface area contributed by atoms with Gasteiger partial charge in [0.25, 0.3) is 5.91 Å². The Balaban J connectivity index is 1.60. The van der Waals surface area contributed by atoms with Crippen LogP contribution in [0, 0.1) is 6.92 Å². The molecule has 0 fully saturated rings. The van der Waals surface area contributed by atoms with Gasteiger partial charge in [-0.3, -0.25) is 9.78 Å². The summed E-state index contributed by atoms with van der Waals surface area (Å²) in [6.45, 7) is 2.69. The Morgan fingerprint density at radius 2 is 2.04 bits per heavy atom. The number of carbonyl (C=O) groups excluding carboxylic acids is 1. The summed E-state index contributed by atoms with van der Waals surface area (Å²) < 4.78 is 14.0. The van der Waals surface area contributed by atoms with Gasteiger partial charge in [0.1, 0.15) is 18.1 Å². The highest BCUT2D eigenvalue weighted by Gasteiger charge is 2.08. The van der Waals surface area contributed by atoms with Gasteiger partial charge in [0.05, 0.1) is 17.4 Å². The van der Waals surface area contributed by atoms with Crippen LogP contribution in [0.1, 0.15) is 27.3 Å². The standard InChI is InChI=1S/C17H16N4O2S/c1-12-16(21-24-20-12)11-23-15-4-2-3-14(9-15)17(22)19-10-13-5-7-18-8-6-13/h2-9H,10-11H2,1H3,(H,19,22). The van der Waals surface area contributed by atoms with Crippen LogP contribution in [0.5, 0.6) is 5.75 Å². The van der Waals surface area contributed by atoms with Gasteiger partial charge >= 0.3 is 0 Å². The Bertz CT molecular complexity index is 820. The van der Waals surface area contributed by atoms with Crippen LogP contribution in [0.3, 0.4) is 0 Å². The van der Waals surface area contributed by atoms with E-state index in [1.165, 1.54) is 11.7 Å². The molecule has 1 N–H and O–H groups in total. The van der Waals surface area contributed by atoms with Gasteiger partial charge in [-0.1, -0.05) is 6.07 Å². The molecule has 2 heterocycles. The van der Waals surface area contributed by atoms with E-state index < -0.39 is 0 Å². The number of carbonyl (C=O) groups is 1. The fraction of sp³-hybridized carbons (Fsp3) is 0.176. The summed E-state index contributed by atoms with van der Waals surface area (Å²) in [5, 5.41) is 2.88. The highest BCUT2D eigenvalue weighted by molar-refractivity contribution is 6.99. The number of rotatable bonds is 6. The molecule has 2 aromatic heterocycles. The van der Waals surface area contributed by atoms with E-state index in [1.807, 2.05) is 25.1 Å². The molecule has 0 saturated carbocycles. The van der Waals surface area contributed by atoms with Crippen molar-refractivity contribution in [2.45, 2.75) is 20.1 Å². The van der Waals surface area contributed by atoms with Gasteiger partial charge in [0.15, 0.2) is 0 Å². The number of aryl methyl sites for hydroxylation is 1. The molecule has 0 aliphatic heterocycles. The fourth-order valence-corrected chi connectivity index (χ4v) is 2.60. The van der Waals surface area contributed by atoms with Crippen LogP contribution in [-0.2, 0) is 13.2 Å². The summed E-state index contributed by atoms with van der Waals surface area (Å²) in [6, 6.07) is 10.8. The third-order valence-electron chi connectivity index (χ3n) is 3.42. The minimum Gasteiger partial charge on any atom is -0.487 e. The van der Waals surface area contributed by atoms with Gasteiger partial charge in [0, 0.05) is 24.5 Å². The summed E-state index contributed by atoms with van der Waals surface area (Å²) in [5.74, 6) is 0.475. The molecule has 0 radical (unpaired) electrons. The third kappa shape index (κ3) is 4.14. The summed E-state index contributed by atoms with van der Waals surface area (Å²) in [6.07, 6.45) is 3.40. The van der Waals surface area contributed by atoms with E-state index in [0.29, 0.717) is 24.5 Å². The monoisotopic (exact) mass is 340 g/mol. The topological polar surface area (TPSA) is 77.0 Å². The van der Waals surface area contributed by atoms with Crippen LogP contribution in [-0.4, -0.2) is 19.6 Å². The molecule has 0 aliphatic rings. The molecule has 24 heavy (non-hydrogen) atoms. The predicted octanol–water partition coefficient (Wildman–Crippen LogP) is 2.75. The van der Waals surface area contributed by atoms with E-state index in [2.05, 4.69) is 19.0 Å². The van der Waals surface area contributed by atoms with Crippen LogP contribution >= 0.6 is 11.7 Å². The number of benzene rings is 1. The first kappa shape index (κ1) is 16.1. The summed E-state index contributed by atoms with van der Waals surface area (Å²) >= 11 is 1.17. The number of aromatic nitrogens is 3. The SMILES string of the molecule is Cc1nsnc1COc1cccc(C(=O)NCc2ccncc2)c1. The van der Waals surface area contributed by atoms with Gasteiger partial charge in [-0.15, -0.1) is 0 Å². The first-order valence-electron chi connectivity index (χ1n) is 7.40. The van der Waals surface area contributed by atoms with Crippen LogP contribution in [0.25, 0.3) is 0 Å². The normalized spacial score (nSPS) is 10.4. The van der Waals surface area contributed by atoms with Crippen molar-refractivity contribution in [3.8, 4) is 5.75 Å². The predicted molar refractivity (Wildman–Crippen MR) is 90.8 cm³/mol. The van der Waals surface area contributed by atoms with Crippen molar-refractivity contribution in [3.63, 3.8) is 0 Å². The number of ether oxygens (including phenoxy) is 1. The minimum absolute atomic E-state index is 0.149. The van der Waals surface area contributed by atoms with Gasteiger partial charge in [-0.25, -0.2) is 0 Å². The summed E-state index contributed by atoms with van der Waals surface area (Å²) in [7, 11) is 0. The molecular formula is C17H16N4O2S. The Morgan fingerprint density at radius 1 is 1.21 bits per heavy atom. The van der Waals surface area contributed by atoms with Crippen LogP contribution in [0.2, 0.25) is 0 Å². The van der Waals surface area contributed by atoms with E-state index in [9.17, 15) is 4.79 Å². The average Bonchev–Trinajstić information content (AvgIpc) is 3.04. The molecule has 122 valence electrons. The first-order chi connectivity index (χ1) is 11.7. The molecule has 7 heteroatoms. The molecule has 6 nitrogen and oxygen atoms in total. The number of nitrogens with one attached hydrogen (secondary N) is 1. The lowest BCUT2D eigenvalue weighted by Crippen LogP contribution is -2.22. The van der Waals surface area contributed by atoms with E-state index >= 15 is 0 Å². The summed E-state index contributed by atoms with van der Waals surface area (Å²) in [4.78, 5) is 16.2. The Hall–Kier alpha value is -2.80. The van der Waals surface area contributed by atoms with E-state index in [4.69, 9.17) is 4.74 Å². The van der Waals surface area contributed by atoms with Crippen molar-refractivity contribution >= 4 is 17.6 Å². The first-order valence-corrected chi connectivity index (χ1v) is 8.13. The van der Waals surface area contributed by atoms with Crippen LogP contribution in [0.15, 0.2) is 48.8 Å². The lowest BCUT2D eigenvalue weighted by atomic mass is 10.2. The second kappa shape index (κ2) is 7.65. The minimum atomic E-state index is -0.149. The molecule has 0 spiro atoms. The quantitative estimate of drug-likeness (QED) is 0.746. The molecule has 0 atom stereocenters. The highest BCUT2D eigenvalue weighted by atomic mass is 32.1. The lowest BCUT2D eigenvalue weighted by molar-refractivity contribution is 0.0950. The van der Waals surface area contributed by atoms with E-state index in [0.717, 1.165) is 17.0 Å². The summed E-state index contributed by atoms with van der Waals surface area (Å²) in [5.41, 5.74) is 3.23. The van der Waals surface area contributed by atoms with Crippen molar-refractivity contribution in [3.05, 3.63) is 71.3 Å². The molecule has 1 amide bonds. The van der Waals surface area contributed by atoms with Crippen molar-refractivity contribution in [2.75, 3.05) is 0 Å². The molecule has 0 aliphatic carbocycles. The zero-order chi connectivity index (χ0) is 16.8. The van der Waals surface area contributed by atoms with Crippen molar-refractivity contribution < 1.29 is 9.53 Å². The molecule has 0 bridgehead atoms. The maximum absolute atomic E-state index is 12.3. The molecule has 0 saturated heterocycles. The molecule has 3 rings (SSSR count). The van der Waals surface area contributed by atoms with E-state index in [-0.39, 0.29) is 5.91 Å². The molecule has 1 aromatic carbocycles. The number of hydrogen-bond acceptors (Lipinski definition) is 6. The van der Waals surface area contributed by atoms with Crippen LogP contribution in [0.4, 0.5) is 0 Å². The lowest BCUT2D eigenvalue weighted by Gasteiger charge is -2.08. The van der Waals surface area contributed by atoms with Gasteiger partial charge in [-0.05, 0) is 42.8 Å². The number of hydrogen-bond donors (Lipinski definition) is 1. The largest absolute Gasteiger partial charge is 0.487 e. The molecule has 3 aromatic rings. The molecular weight excluding hydrogens is 324 g/mol. The second-order valence-electron chi connectivity index (χ2n) is 5.15. The van der Waals surface area contributed by atoms with Crippen LogP contribution < -0.4 is 10.1 Å². The van der Waals surface area contributed by atoms with Gasteiger partial charge in [-0.2, -0.15) is 8.75 Å². The second-order valence-corrected chi connectivity index (χ2v) is 5.68. The average molecular weight is 340 g/mol. The van der Waals surface area contributed by atoms with Gasteiger partial charge < -0.3 is 10.1 Å². The van der Waals surface area contributed by atoms with Crippen molar-refractivity contribution in [1.29, 1.82) is 0 Å². The zero-order valence-corrected chi connectivity index (χ0v) is 13.9. The maximum Gasteiger partial charge on any atom is 0.251 e. The number of nitrogens with zero attached hydrogens (tertiary/aromatic N) is 3. The molecule has 0 unspecified atom stereocenters. The number of amides is 1. The third-order valence-corrected chi connectivity index (χ3v) is 4.08. The zero-order valence-electron chi connectivity index (χ0n) is 13.1. The highest BCUT2D eigenvalue weighted by Crippen LogP contribution is 2.16. The van der Waals surface area contributed by atoms with Crippen molar-refractivity contribution in [2.24, 2.45) is 0 Å². The Labute approximate surface area is 143 Å². The maximum atomic E-state index is 12.3.